The van der Waals surface area contributed by atoms with Crippen molar-refractivity contribution in [2.24, 2.45) is 0 Å². The molecule has 2 nitrogen and oxygen atoms in total. The maximum Gasteiger partial charge on any atom is 0.0910 e. The second-order valence-electron chi connectivity index (χ2n) is 4.86. The third-order valence-electron chi connectivity index (χ3n) is 3.74. The van der Waals surface area contributed by atoms with Crippen molar-refractivity contribution in [3.05, 3.63) is 34.9 Å². The van der Waals surface area contributed by atoms with Gasteiger partial charge in [0.05, 0.1) is 18.3 Å². The summed E-state index contributed by atoms with van der Waals surface area (Å²) in [5.41, 5.74) is 3.60. The highest BCUT2D eigenvalue weighted by atomic mass is 16.5. The second kappa shape index (κ2) is 3.06. The Morgan fingerprint density at radius 2 is 2.40 bits per heavy atom. The van der Waals surface area contributed by atoms with Gasteiger partial charge in [-0.2, -0.15) is 0 Å². The molecule has 2 unspecified atom stereocenters. The summed E-state index contributed by atoms with van der Waals surface area (Å²) in [4.78, 5) is 0. The minimum absolute atomic E-state index is 0.0938. The molecular formula is C13H16O2. The Balaban J connectivity index is 2.13. The Kier molecular flexibility index (Phi) is 1.91. The molecule has 1 N–H and O–H groups in total. The van der Waals surface area contributed by atoms with Gasteiger partial charge < -0.3 is 9.84 Å². The topological polar surface area (TPSA) is 29.5 Å². The lowest BCUT2D eigenvalue weighted by Gasteiger charge is -2.33. The van der Waals surface area contributed by atoms with E-state index >= 15 is 0 Å². The van der Waals surface area contributed by atoms with Crippen LogP contribution in [0.3, 0.4) is 0 Å². The minimum Gasteiger partial charge on any atom is -0.392 e. The van der Waals surface area contributed by atoms with Crippen LogP contribution in [0, 0.1) is 0 Å². The normalized spacial score (nSPS) is 32.8. The molecule has 1 aromatic rings. The van der Waals surface area contributed by atoms with Crippen LogP contribution in [0.4, 0.5) is 0 Å². The van der Waals surface area contributed by atoms with Crippen LogP contribution in [0.5, 0.6) is 0 Å². The lowest BCUT2D eigenvalue weighted by atomic mass is 9.87. The standard InChI is InChI=1S/C13H16O2/c1-13-5-4-11(15-13)7-10-3-2-9(8-14)6-12(10)13/h2-3,6,11,14H,4-5,7-8H2,1H3. The molecule has 1 aromatic carbocycles. The summed E-state index contributed by atoms with van der Waals surface area (Å²) in [7, 11) is 0. The first kappa shape index (κ1) is 9.37. The summed E-state index contributed by atoms with van der Waals surface area (Å²) < 4.78 is 6.03. The fourth-order valence-corrected chi connectivity index (χ4v) is 2.90. The van der Waals surface area contributed by atoms with Crippen molar-refractivity contribution in [2.45, 2.75) is 44.5 Å². The zero-order chi connectivity index (χ0) is 10.5. The molecule has 1 saturated heterocycles. The second-order valence-corrected chi connectivity index (χ2v) is 4.86. The van der Waals surface area contributed by atoms with Crippen LogP contribution in [0.1, 0.15) is 36.5 Å². The van der Waals surface area contributed by atoms with E-state index in [9.17, 15) is 0 Å². The van der Waals surface area contributed by atoms with Crippen LogP contribution < -0.4 is 0 Å². The molecule has 2 atom stereocenters. The number of fused-ring (bicyclic) bond motifs is 4. The van der Waals surface area contributed by atoms with Gasteiger partial charge in [-0.3, -0.25) is 0 Å². The van der Waals surface area contributed by atoms with Crippen LogP contribution in [0.2, 0.25) is 0 Å². The SMILES string of the molecule is CC12CCC(Cc3ccc(CO)cc31)O2. The fourth-order valence-electron chi connectivity index (χ4n) is 2.90. The lowest BCUT2D eigenvalue weighted by Crippen LogP contribution is -2.30. The molecule has 2 aliphatic rings. The predicted molar refractivity (Wildman–Crippen MR) is 57.5 cm³/mol. The average molecular weight is 204 g/mol. The van der Waals surface area contributed by atoms with Crippen molar-refractivity contribution in [2.75, 3.05) is 0 Å². The summed E-state index contributed by atoms with van der Waals surface area (Å²) >= 11 is 0. The van der Waals surface area contributed by atoms with E-state index in [4.69, 9.17) is 9.84 Å². The first-order valence-electron chi connectivity index (χ1n) is 5.62. The smallest absolute Gasteiger partial charge is 0.0910 e. The first-order chi connectivity index (χ1) is 7.21. The van der Waals surface area contributed by atoms with Gasteiger partial charge in [0.2, 0.25) is 0 Å². The van der Waals surface area contributed by atoms with E-state index < -0.39 is 0 Å². The van der Waals surface area contributed by atoms with E-state index in [2.05, 4.69) is 19.1 Å². The summed E-state index contributed by atoms with van der Waals surface area (Å²) in [6, 6.07) is 6.28. The Labute approximate surface area is 89.9 Å². The van der Waals surface area contributed by atoms with E-state index in [1.165, 1.54) is 17.5 Å². The van der Waals surface area contributed by atoms with Gasteiger partial charge in [0.25, 0.3) is 0 Å². The van der Waals surface area contributed by atoms with Crippen molar-refractivity contribution in [1.82, 2.24) is 0 Å². The molecule has 0 amide bonds. The molecule has 0 aliphatic carbocycles. The van der Waals surface area contributed by atoms with Crippen LogP contribution >= 0.6 is 0 Å². The number of benzene rings is 1. The number of rotatable bonds is 1. The van der Waals surface area contributed by atoms with Gasteiger partial charge in [0, 0.05) is 0 Å². The van der Waals surface area contributed by atoms with E-state index in [1.54, 1.807) is 0 Å². The summed E-state index contributed by atoms with van der Waals surface area (Å²) in [5.74, 6) is 0. The Morgan fingerprint density at radius 1 is 1.53 bits per heavy atom. The number of aliphatic hydroxyl groups excluding tert-OH is 1. The largest absolute Gasteiger partial charge is 0.392 e. The van der Waals surface area contributed by atoms with Crippen molar-refractivity contribution < 1.29 is 9.84 Å². The van der Waals surface area contributed by atoms with Crippen LogP contribution in [-0.4, -0.2) is 11.2 Å². The average Bonchev–Trinajstić information content (AvgIpc) is 2.56. The number of hydrogen-bond acceptors (Lipinski definition) is 2. The molecule has 3 rings (SSSR count). The molecule has 0 aromatic heterocycles. The molecular weight excluding hydrogens is 188 g/mol. The summed E-state index contributed by atoms with van der Waals surface area (Å²) in [6.07, 6.45) is 3.73. The third-order valence-corrected chi connectivity index (χ3v) is 3.74. The molecule has 2 heterocycles. The maximum atomic E-state index is 9.15. The summed E-state index contributed by atoms with van der Waals surface area (Å²) in [6.45, 7) is 2.29. The first-order valence-corrected chi connectivity index (χ1v) is 5.62. The van der Waals surface area contributed by atoms with Crippen molar-refractivity contribution >= 4 is 0 Å². The number of aliphatic hydroxyl groups is 1. The zero-order valence-electron chi connectivity index (χ0n) is 8.99. The lowest BCUT2D eigenvalue weighted by molar-refractivity contribution is -0.0438. The van der Waals surface area contributed by atoms with Gasteiger partial charge in [-0.15, -0.1) is 0 Å². The highest BCUT2D eigenvalue weighted by Crippen LogP contribution is 2.45. The van der Waals surface area contributed by atoms with Gasteiger partial charge in [0.15, 0.2) is 0 Å². The van der Waals surface area contributed by atoms with Crippen molar-refractivity contribution in [3.63, 3.8) is 0 Å². The van der Waals surface area contributed by atoms with Crippen LogP contribution in [-0.2, 0) is 23.4 Å². The Bertz CT molecular complexity index is 400. The number of hydrogen-bond donors (Lipinski definition) is 1. The van der Waals surface area contributed by atoms with Crippen LogP contribution in [0.25, 0.3) is 0 Å². The van der Waals surface area contributed by atoms with E-state index in [0.717, 1.165) is 18.4 Å². The number of ether oxygens (including phenoxy) is 1. The minimum atomic E-state index is -0.0938. The third kappa shape index (κ3) is 1.32. The highest BCUT2D eigenvalue weighted by molar-refractivity contribution is 5.39. The van der Waals surface area contributed by atoms with E-state index in [-0.39, 0.29) is 12.2 Å². The molecule has 2 heteroatoms. The van der Waals surface area contributed by atoms with Gasteiger partial charge in [-0.1, -0.05) is 18.2 Å². The van der Waals surface area contributed by atoms with Crippen molar-refractivity contribution in [3.8, 4) is 0 Å². The van der Waals surface area contributed by atoms with Gasteiger partial charge in [-0.25, -0.2) is 0 Å². The quantitative estimate of drug-likeness (QED) is 0.759. The van der Waals surface area contributed by atoms with Gasteiger partial charge in [-0.05, 0) is 42.9 Å². The molecule has 2 aliphatic heterocycles. The molecule has 80 valence electrons. The van der Waals surface area contributed by atoms with E-state index in [1.807, 2.05) is 6.07 Å². The van der Waals surface area contributed by atoms with Gasteiger partial charge in [0.1, 0.15) is 0 Å². The Hall–Kier alpha value is -0.860. The summed E-state index contributed by atoms with van der Waals surface area (Å²) in [5, 5.41) is 9.15. The van der Waals surface area contributed by atoms with Gasteiger partial charge >= 0.3 is 0 Å². The molecule has 2 bridgehead atoms. The molecule has 0 radical (unpaired) electrons. The monoisotopic (exact) mass is 204 g/mol. The molecule has 0 saturated carbocycles. The molecule has 15 heavy (non-hydrogen) atoms. The fraction of sp³-hybridized carbons (Fsp3) is 0.538. The highest BCUT2D eigenvalue weighted by Gasteiger charge is 2.42. The predicted octanol–water partition coefficient (Wildman–Crippen LogP) is 2.13. The molecule has 1 fully saturated rings. The Morgan fingerprint density at radius 3 is 3.20 bits per heavy atom. The van der Waals surface area contributed by atoms with Crippen LogP contribution in [0.15, 0.2) is 18.2 Å². The van der Waals surface area contributed by atoms with E-state index in [0.29, 0.717) is 6.10 Å². The molecule has 0 spiro atoms. The maximum absolute atomic E-state index is 9.15. The van der Waals surface area contributed by atoms with Crippen molar-refractivity contribution in [1.29, 1.82) is 0 Å². The zero-order valence-corrected chi connectivity index (χ0v) is 8.99.